The topological polar surface area (TPSA) is 88.3 Å². The van der Waals surface area contributed by atoms with Crippen molar-refractivity contribution < 1.29 is 14.1 Å². The van der Waals surface area contributed by atoms with Crippen molar-refractivity contribution in [2.45, 2.75) is 70.3 Å². The molecule has 0 spiro atoms. The van der Waals surface area contributed by atoms with Crippen molar-refractivity contribution >= 4 is 17.5 Å². The molecule has 1 saturated carbocycles. The normalized spacial score (nSPS) is 22.9. The van der Waals surface area contributed by atoms with Gasteiger partial charge in [0, 0.05) is 25.6 Å². The van der Waals surface area contributed by atoms with Gasteiger partial charge in [-0.05, 0) is 55.4 Å². The number of aryl methyl sites for hydroxylation is 3. The maximum absolute atomic E-state index is 13.2. The summed E-state index contributed by atoms with van der Waals surface area (Å²) < 4.78 is 5.20. The van der Waals surface area contributed by atoms with Gasteiger partial charge in [-0.2, -0.15) is 4.98 Å². The molecule has 0 bridgehead atoms. The predicted molar refractivity (Wildman–Crippen MR) is 111 cm³/mol. The van der Waals surface area contributed by atoms with E-state index in [0.717, 1.165) is 50.6 Å². The molecule has 1 N–H and O–H groups in total. The van der Waals surface area contributed by atoms with Gasteiger partial charge in [0.2, 0.25) is 17.7 Å². The van der Waals surface area contributed by atoms with Gasteiger partial charge in [0.15, 0.2) is 5.82 Å². The van der Waals surface area contributed by atoms with E-state index in [0.29, 0.717) is 18.3 Å². The Bertz CT molecular complexity index is 977. The summed E-state index contributed by atoms with van der Waals surface area (Å²) in [6.07, 6.45) is 8.37. The molecule has 2 amide bonds. The molecule has 7 heteroatoms. The molecule has 2 fully saturated rings. The van der Waals surface area contributed by atoms with Crippen LogP contribution in [0.2, 0.25) is 0 Å². The van der Waals surface area contributed by atoms with Gasteiger partial charge in [0.25, 0.3) is 0 Å². The zero-order valence-corrected chi connectivity index (χ0v) is 17.4. The molecular formula is C23H28N4O3. The molecule has 5 rings (SSSR count). The maximum Gasteiger partial charge on any atom is 0.227 e. The monoisotopic (exact) mass is 408 g/mol. The van der Waals surface area contributed by atoms with E-state index in [4.69, 9.17) is 4.52 Å². The Morgan fingerprint density at radius 2 is 1.97 bits per heavy atom. The highest BCUT2D eigenvalue weighted by atomic mass is 16.5. The van der Waals surface area contributed by atoms with Crippen molar-refractivity contribution in [3.63, 3.8) is 0 Å². The first-order valence-electron chi connectivity index (χ1n) is 11.1. The van der Waals surface area contributed by atoms with Crippen molar-refractivity contribution in [1.82, 2.24) is 15.5 Å². The molecular weight excluding hydrogens is 380 g/mol. The summed E-state index contributed by atoms with van der Waals surface area (Å²) in [7, 11) is 0. The third-order valence-corrected chi connectivity index (χ3v) is 6.91. The van der Waals surface area contributed by atoms with Crippen molar-refractivity contribution in [1.29, 1.82) is 0 Å². The van der Waals surface area contributed by atoms with Crippen LogP contribution in [-0.2, 0) is 28.0 Å². The van der Waals surface area contributed by atoms with Crippen molar-refractivity contribution in [3.8, 4) is 0 Å². The van der Waals surface area contributed by atoms with E-state index < -0.39 is 5.54 Å². The van der Waals surface area contributed by atoms with E-state index in [1.165, 1.54) is 17.5 Å². The Balaban J connectivity index is 1.33. The summed E-state index contributed by atoms with van der Waals surface area (Å²) in [5, 5.41) is 7.36. The maximum atomic E-state index is 13.2. The van der Waals surface area contributed by atoms with E-state index in [9.17, 15) is 9.59 Å². The zero-order valence-electron chi connectivity index (χ0n) is 17.4. The SMILES string of the molecule is Cc1nc(C2(NC(=O)C3CC(=O)N(c4ccc5c(c4)CCC5)C3)CCCCC2)no1. The van der Waals surface area contributed by atoms with Crippen LogP contribution in [0.1, 0.15) is 67.8 Å². The number of hydrogen-bond donors (Lipinski definition) is 1. The van der Waals surface area contributed by atoms with Crippen molar-refractivity contribution in [2.75, 3.05) is 11.4 Å². The number of aromatic nitrogens is 2. The molecule has 158 valence electrons. The van der Waals surface area contributed by atoms with Gasteiger partial charge in [-0.15, -0.1) is 0 Å². The van der Waals surface area contributed by atoms with Gasteiger partial charge in [-0.3, -0.25) is 9.59 Å². The standard InChI is InChI=1S/C23H28N4O3/c1-15-24-22(26-30-15)23(10-3-2-4-11-23)25-21(29)18-13-20(28)27(14-18)19-9-8-16-6-5-7-17(16)12-19/h8-9,12,18H,2-7,10-11,13-14H2,1H3,(H,25,29). The van der Waals surface area contributed by atoms with Crippen LogP contribution >= 0.6 is 0 Å². The molecule has 7 nitrogen and oxygen atoms in total. The smallest absolute Gasteiger partial charge is 0.227 e. The number of carbonyl (C=O) groups is 2. The van der Waals surface area contributed by atoms with Gasteiger partial charge >= 0.3 is 0 Å². The molecule has 1 aromatic heterocycles. The van der Waals surface area contributed by atoms with Crippen LogP contribution in [0.25, 0.3) is 0 Å². The third-order valence-electron chi connectivity index (χ3n) is 6.91. The summed E-state index contributed by atoms with van der Waals surface area (Å²) >= 11 is 0. The number of amides is 2. The fourth-order valence-corrected chi connectivity index (χ4v) is 5.25. The van der Waals surface area contributed by atoms with Crippen LogP contribution < -0.4 is 10.2 Å². The van der Waals surface area contributed by atoms with Gasteiger partial charge in [0.05, 0.1) is 5.92 Å². The number of fused-ring (bicyclic) bond motifs is 1. The quantitative estimate of drug-likeness (QED) is 0.839. The molecule has 3 aliphatic rings. The first-order valence-corrected chi connectivity index (χ1v) is 11.1. The molecule has 1 unspecified atom stereocenters. The van der Waals surface area contributed by atoms with Gasteiger partial charge < -0.3 is 14.7 Å². The second-order valence-electron chi connectivity index (χ2n) is 8.98. The average molecular weight is 409 g/mol. The minimum atomic E-state index is -0.586. The second kappa shape index (κ2) is 7.52. The predicted octanol–water partition coefficient (Wildman–Crippen LogP) is 3.20. The van der Waals surface area contributed by atoms with Crippen LogP contribution in [0.15, 0.2) is 22.7 Å². The van der Waals surface area contributed by atoms with Crippen LogP contribution in [0, 0.1) is 12.8 Å². The molecule has 2 heterocycles. The number of nitrogens with one attached hydrogen (secondary N) is 1. The fraction of sp³-hybridized carbons (Fsp3) is 0.565. The Morgan fingerprint density at radius 3 is 2.73 bits per heavy atom. The Labute approximate surface area is 176 Å². The van der Waals surface area contributed by atoms with Crippen LogP contribution in [-0.4, -0.2) is 28.5 Å². The summed E-state index contributed by atoms with van der Waals surface area (Å²) in [4.78, 5) is 32.2. The Kier molecular flexibility index (Phi) is 4.83. The number of anilines is 1. The van der Waals surface area contributed by atoms with Gasteiger partial charge in [-0.25, -0.2) is 0 Å². The van der Waals surface area contributed by atoms with Gasteiger partial charge in [0.1, 0.15) is 5.54 Å². The van der Waals surface area contributed by atoms with Crippen molar-refractivity contribution in [2.24, 2.45) is 5.92 Å². The summed E-state index contributed by atoms with van der Waals surface area (Å²) in [5.74, 6) is 0.631. The zero-order chi connectivity index (χ0) is 20.7. The third kappa shape index (κ3) is 3.40. The van der Waals surface area contributed by atoms with E-state index in [1.54, 1.807) is 11.8 Å². The van der Waals surface area contributed by atoms with Crippen LogP contribution in [0.4, 0.5) is 5.69 Å². The lowest BCUT2D eigenvalue weighted by atomic mass is 9.80. The lowest BCUT2D eigenvalue weighted by molar-refractivity contribution is -0.128. The number of carbonyl (C=O) groups excluding carboxylic acids is 2. The van der Waals surface area contributed by atoms with Crippen LogP contribution in [0.3, 0.4) is 0 Å². The first kappa shape index (κ1) is 19.3. The van der Waals surface area contributed by atoms with Crippen molar-refractivity contribution in [3.05, 3.63) is 41.0 Å². The average Bonchev–Trinajstić information content (AvgIpc) is 3.47. The number of benzene rings is 1. The summed E-state index contributed by atoms with van der Waals surface area (Å²) in [5.41, 5.74) is 3.05. The van der Waals surface area contributed by atoms with Crippen LogP contribution in [0.5, 0.6) is 0 Å². The molecule has 1 aliphatic heterocycles. The highest BCUT2D eigenvalue weighted by Crippen LogP contribution is 2.37. The lowest BCUT2D eigenvalue weighted by Crippen LogP contribution is -2.50. The largest absolute Gasteiger partial charge is 0.343 e. The molecule has 1 saturated heterocycles. The molecule has 30 heavy (non-hydrogen) atoms. The Hall–Kier alpha value is -2.70. The van der Waals surface area contributed by atoms with Gasteiger partial charge in [-0.1, -0.05) is 30.5 Å². The minimum Gasteiger partial charge on any atom is -0.343 e. The highest BCUT2D eigenvalue weighted by molar-refractivity contribution is 6.00. The number of nitrogens with zero attached hydrogens (tertiary/aromatic N) is 3. The molecule has 2 aliphatic carbocycles. The molecule has 1 atom stereocenters. The molecule has 2 aromatic rings. The second-order valence-corrected chi connectivity index (χ2v) is 8.98. The lowest BCUT2D eigenvalue weighted by Gasteiger charge is -2.36. The number of rotatable bonds is 4. The highest BCUT2D eigenvalue weighted by Gasteiger charge is 2.43. The van der Waals surface area contributed by atoms with E-state index in [1.807, 2.05) is 6.07 Å². The molecule has 0 radical (unpaired) electrons. The first-order chi connectivity index (χ1) is 14.5. The van der Waals surface area contributed by atoms with E-state index >= 15 is 0 Å². The molecule has 1 aromatic carbocycles. The van der Waals surface area contributed by atoms with E-state index in [-0.39, 0.29) is 24.2 Å². The number of hydrogen-bond acceptors (Lipinski definition) is 5. The minimum absolute atomic E-state index is 0.0150. The van der Waals surface area contributed by atoms with E-state index in [2.05, 4.69) is 27.6 Å². The summed E-state index contributed by atoms with van der Waals surface area (Å²) in [6, 6.07) is 6.28. The fourth-order valence-electron chi connectivity index (χ4n) is 5.25. The summed E-state index contributed by atoms with van der Waals surface area (Å²) in [6.45, 7) is 2.18. The Morgan fingerprint density at radius 1 is 1.17 bits per heavy atom.